The van der Waals surface area contributed by atoms with Gasteiger partial charge in [0, 0.05) is 13.1 Å². The lowest BCUT2D eigenvalue weighted by Gasteiger charge is -2.21. The number of hydrogen-bond acceptors (Lipinski definition) is 8. The maximum Gasteiger partial charge on any atom is 0.203 e. The van der Waals surface area contributed by atoms with E-state index in [4.69, 9.17) is 28.4 Å². The third kappa shape index (κ3) is 13.0. The summed E-state index contributed by atoms with van der Waals surface area (Å²) >= 11 is 0. The largest absolute Gasteiger partial charge is 0.490 e. The van der Waals surface area contributed by atoms with Gasteiger partial charge in [0.2, 0.25) is 11.5 Å². The number of ether oxygens (including phenoxy) is 6. The summed E-state index contributed by atoms with van der Waals surface area (Å²) in [6.45, 7) is 22.3. The van der Waals surface area contributed by atoms with Crippen molar-refractivity contribution in [2.24, 2.45) is 0 Å². The third-order valence-corrected chi connectivity index (χ3v) is 7.85. The molecule has 1 heterocycles. The zero-order chi connectivity index (χ0) is 33.7. The average molecular weight is 653 g/mol. The average Bonchev–Trinajstić information content (AvgIpc) is 3.29. The van der Waals surface area contributed by atoms with Crippen molar-refractivity contribution >= 4 is 12.2 Å². The van der Waals surface area contributed by atoms with Crippen LogP contribution in [0.4, 0.5) is 0 Å². The summed E-state index contributed by atoms with van der Waals surface area (Å²) < 4.78 is 35.1. The first-order valence-electron chi connectivity index (χ1n) is 18.0. The van der Waals surface area contributed by atoms with E-state index in [-0.39, 0.29) is 0 Å². The second-order valence-corrected chi connectivity index (χ2v) is 11.4. The van der Waals surface area contributed by atoms with E-state index in [9.17, 15) is 0 Å². The Morgan fingerprint density at radius 3 is 1.15 bits per heavy atom. The molecule has 3 rings (SSSR count). The second kappa shape index (κ2) is 22.3. The first kappa shape index (κ1) is 38.1. The number of allylic oxidation sites excluding steroid dienone is 2. The van der Waals surface area contributed by atoms with E-state index in [1.165, 1.54) is 19.5 Å². The number of rotatable bonds is 22. The van der Waals surface area contributed by atoms with Gasteiger partial charge in [0.15, 0.2) is 23.0 Å². The van der Waals surface area contributed by atoms with Crippen molar-refractivity contribution in [2.45, 2.75) is 73.6 Å². The van der Waals surface area contributed by atoms with Gasteiger partial charge in [-0.15, -0.1) is 0 Å². The Morgan fingerprint density at radius 2 is 0.830 bits per heavy atom. The van der Waals surface area contributed by atoms with Crippen molar-refractivity contribution in [3.63, 3.8) is 0 Å². The minimum Gasteiger partial charge on any atom is -0.490 e. The van der Waals surface area contributed by atoms with Crippen LogP contribution in [0.2, 0.25) is 0 Å². The molecule has 2 aromatic rings. The van der Waals surface area contributed by atoms with E-state index in [0.29, 0.717) is 51.1 Å². The Morgan fingerprint density at radius 1 is 0.489 bits per heavy atom. The quantitative estimate of drug-likeness (QED) is 0.118. The molecular weight excluding hydrogens is 592 g/mol. The predicted molar refractivity (Wildman–Crippen MR) is 194 cm³/mol. The van der Waals surface area contributed by atoms with Crippen LogP contribution in [0, 0.1) is 0 Å². The molecule has 1 saturated heterocycles. The molecule has 1 aliphatic rings. The Kier molecular flexibility index (Phi) is 18.0. The van der Waals surface area contributed by atoms with Crippen LogP contribution in [0.5, 0.6) is 34.5 Å². The zero-order valence-electron chi connectivity index (χ0n) is 30.0. The molecule has 0 N–H and O–H groups in total. The van der Waals surface area contributed by atoms with Gasteiger partial charge in [0.1, 0.15) is 0 Å². The molecule has 0 aromatic heterocycles. The van der Waals surface area contributed by atoms with Crippen LogP contribution in [0.1, 0.15) is 84.8 Å². The first-order valence-corrected chi connectivity index (χ1v) is 18.0. The Balaban J connectivity index is 1.42. The summed E-state index contributed by atoms with van der Waals surface area (Å²) in [5, 5.41) is 0. The monoisotopic (exact) mass is 652 g/mol. The van der Waals surface area contributed by atoms with Crippen molar-refractivity contribution in [2.75, 3.05) is 78.9 Å². The van der Waals surface area contributed by atoms with Crippen molar-refractivity contribution in [3.8, 4) is 34.5 Å². The molecule has 1 aliphatic heterocycles. The molecule has 0 radical (unpaired) electrons. The van der Waals surface area contributed by atoms with Crippen LogP contribution in [0.15, 0.2) is 36.4 Å². The van der Waals surface area contributed by atoms with Crippen LogP contribution in [-0.4, -0.2) is 88.7 Å². The van der Waals surface area contributed by atoms with Crippen LogP contribution < -0.4 is 28.4 Å². The SMILES string of the molecule is CCOc1cc(/C=C/CCCN2CCCN(CCC/C=C/c3cc(OCC)c(OCC)c(OCC)c3)CC2)cc(OCC)c1OCC. The van der Waals surface area contributed by atoms with Gasteiger partial charge in [0.05, 0.1) is 39.6 Å². The summed E-state index contributed by atoms with van der Waals surface area (Å²) in [6, 6.07) is 8.18. The molecule has 0 amide bonds. The standard InChI is InChI=1S/C39H60N2O6/c1-7-42-34-28-32(29-35(43-8-2)38(34)46-11-5)20-15-13-17-22-40-24-19-25-41(27-26-40)23-18-14-16-21-33-30-36(44-9-3)39(47-12-6)37(31-33)45-10-4/h15-16,20-21,28-31H,7-14,17-19,22-27H2,1-6H3/b20-15+,21-16+. The van der Waals surface area contributed by atoms with E-state index < -0.39 is 0 Å². The molecule has 2 aromatic carbocycles. The molecule has 8 heteroatoms. The molecule has 0 aliphatic carbocycles. The number of unbranched alkanes of at least 4 members (excludes halogenated alkanes) is 2. The summed E-state index contributed by atoms with van der Waals surface area (Å²) in [5.41, 5.74) is 2.15. The van der Waals surface area contributed by atoms with Crippen molar-refractivity contribution in [3.05, 3.63) is 47.5 Å². The Bertz CT molecular complexity index is 1080. The maximum atomic E-state index is 5.87. The fourth-order valence-corrected chi connectivity index (χ4v) is 5.79. The predicted octanol–water partition coefficient (Wildman–Crippen LogP) is 8.37. The van der Waals surface area contributed by atoms with Gasteiger partial charge in [-0.25, -0.2) is 0 Å². The molecule has 0 unspecified atom stereocenters. The minimum absolute atomic E-state index is 0.569. The smallest absolute Gasteiger partial charge is 0.203 e. The van der Waals surface area contributed by atoms with Gasteiger partial charge in [0.25, 0.3) is 0 Å². The van der Waals surface area contributed by atoms with Crippen LogP contribution >= 0.6 is 0 Å². The topological polar surface area (TPSA) is 61.9 Å². The molecule has 8 nitrogen and oxygen atoms in total. The second-order valence-electron chi connectivity index (χ2n) is 11.4. The molecule has 47 heavy (non-hydrogen) atoms. The van der Waals surface area contributed by atoms with Gasteiger partial charge >= 0.3 is 0 Å². The molecule has 0 atom stereocenters. The lowest BCUT2D eigenvalue weighted by Crippen LogP contribution is -2.31. The maximum absolute atomic E-state index is 5.87. The highest BCUT2D eigenvalue weighted by atomic mass is 16.5. The van der Waals surface area contributed by atoms with Gasteiger partial charge in [-0.2, -0.15) is 0 Å². The van der Waals surface area contributed by atoms with E-state index >= 15 is 0 Å². The van der Waals surface area contributed by atoms with E-state index in [1.54, 1.807) is 0 Å². The highest BCUT2D eigenvalue weighted by molar-refractivity contribution is 5.63. The highest BCUT2D eigenvalue weighted by Crippen LogP contribution is 2.40. The summed E-state index contributed by atoms with van der Waals surface area (Å²) in [5.74, 6) is 4.35. The Labute approximate surface area is 284 Å². The van der Waals surface area contributed by atoms with Crippen LogP contribution in [0.3, 0.4) is 0 Å². The first-order chi connectivity index (χ1) is 23.1. The molecule has 0 saturated carbocycles. The van der Waals surface area contributed by atoms with Crippen molar-refractivity contribution < 1.29 is 28.4 Å². The van der Waals surface area contributed by atoms with Crippen molar-refractivity contribution in [1.29, 1.82) is 0 Å². The van der Waals surface area contributed by atoms with Gasteiger partial charge in [-0.1, -0.05) is 24.3 Å². The summed E-state index contributed by atoms with van der Waals surface area (Å²) in [4.78, 5) is 5.26. The molecule has 1 fully saturated rings. The number of hydrogen-bond donors (Lipinski definition) is 0. The lowest BCUT2D eigenvalue weighted by atomic mass is 10.1. The van der Waals surface area contributed by atoms with Crippen LogP contribution in [0.25, 0.3) is 12.2 Å². The van der Waals surface area contributed by atoms with E-state index in [0.717, 1.165) is 86.0 Å². The third-order valence-electron chi connectivity index (χ3n) is 7.85. The Hall–Kier alpha value is -3.36. The summed E-state index contributed by atoms with van der Waals surface area (Å²) in [6.07, 6.45) is 14.5. The summed E-state index contributed by atoms with van der Waals surface area (Å²) in [7, 11) is 0. The van der Waals surface area contributed by atoms with Gasteiger partial charge in [-0.05, 0) is 135 Å². The fraction of sp³-hybridized carbons (Fsp3) is 0.590. The fourth-order valence-electron chi connectivity index (χ4n) is 5.79. The molecule has 0 spiro atoms. The lowest BCUT2D eigenvalue weighted by molar-refractivity contribution is 0.254. The highest BCUT2D eigenvalue weighted by Gasteiger charge is 2.16. The molecular formula is C39H60N2O6. The van der Waals surface area contributed by atoms with E-state index in [1.807, 2.05) is 65.8 Å². The zero-order valence-corrected chi connectivity index (χ0v) is 30.0. The number of nitrogens with zero attached hydrogens (tertiary/aromatic N) is 2. The van der Waals surface area contributed by atoms with Crippen molar-refractivity contribution in [1.82, 2.24) is 9.80 Å². The minimum atomic E-state index is 0.569. The van der Waals surface area contributed by atoms with E-state index in [2.05, 4.69) is 34.1 Å². The number of benzene rings is 2. The van der Waals surface area contributed by atoms with Gasteiger partial charge in [-0.3, -0.25) is 0 Å². The van der Waals surface area contributed by atoms with Gasteiger partial charge < -0.3 is 38.2 Å². The molecule has 0 bridgehead atoms. The molecule has 262 valence electrons. The van der Waals surface area contributed by atoms with Crippen LogP contribution in [-0.2, 0) is 0 Å². The normalized spacial score (nSPS) is 14.4.